The number of para-hydroxylation sites is 4. The maximum atomic E-state index is 6.74. The molecule has 4 heteroatoms. The molecule has 9 rings (SSSR count). The Morgan fingerprint density at radius 1 is 0.500 bits per heavy atom. The average Bonchev–Trinajstić information content (AvgIpc) is 3.58. The molecule has 3 nitrogen and oxygen atoms in total. The molecule has 0 saturated carbocycles. The maximum Gasteiger partial charge on any atom is 0.147 e. The van der Waals surface area contributed by atoms with Crippen LogP contribution in [0.25, 0.3) is 55.0 Å². The Labute approximate surface area is 234 Å². The van der Waals surface area contributed by atoms with Crippen molar-refractivity contribution >= 4 is 72.7 Å². The molecule has 0 unspecified atom stereocenters. The largest absolute Gasteiger partial charge is 0.456 e. The molecule has 0 bridgehead atoms. The van der Waals surface area contributed by atoms with Gasteiger partial charge in [-0.25, -0.2) is 0 Å². The number of rotatable bonds is 2. The molecule has 0 aliphatic carbocycles. The minimum absolute atomic E-state index is 0.844. The molecule has 3 heterocycles. The van der Waals surface area contributed by atoms with Crippen LogP contribution in [0, 0.1) is 0 Å². The van der Waals surface area contributed by atoms with E-state index >= 15 is 0 Å². The van der Waals surface area contributed by atoms with E-state index in [4.69, 9.17) is 8.83 Å². The van der Waals surface area contributed by atoms with Crippen LogP contribution in [0.1, 0.15) is 0 Å². The molecule has 0 amide bonds. The van der Waals surface area contributed by atoms with Gasteiger partial charge >= 0.3 is 0 Å². The highest BCUT2D eigenvalue weighted by Crippen LogP contribution is 2.51. The van der Waals surface area contributed by atoms with Gasteiger partial charge in [-0.3, -0.25) is 0 Å². The van der Waals surface area contributed by atoms with Gasteiger partial charge in [0.1, 0.15) is 22.3 Å². The maximum absolute atomic E-state index is 6.74. The first-order valence-electron chi connectivity index (χ1n) is 13.4. The molecule has 1 aliphatic heterocycles. The van der Waals surface area contributed by atoms with Crippen molar-refractivity contribution in [1.82, 2.24) is 0 Å². The minimum Gasteiger partial charge on any atom is -0.456 e. The zero-order valence-corrected chi connectivity index (χ0v) is 22.1. The van der Waals surface area contributed by atoms with E-state index in [2.05, 4.69) is 114 Å². The number of anilines is 3. The number of nitrogens with zero attached hydrogens (tertiary/aromatic N) is 1. The molecule has 0 saturated heterocycles. The normalized spacial score (nSPS) is 12.8. The molecule has 0 fully saturated rings. The van der Waals surface area contributed by atoms with Crippen LogP contribution >= 0.6 is 11.8 Å². The van der Waals surface area contributed by atoms with Crippen molar-refractivity contribution in [3.63, 3.8) is 0 Å². The van der Waals surface area contributed by atoms with E-state index in [9.17, 15) is 0 Å². The van der Waals surface area contributed by atoms with Crippen molar-refractivity contribution in [2.75, 3.05) is 4.90 Å². The summed E-state index contributed by atoms with van der Waals surface area (Å²) in [6.07, 6.45) is 0. The highest BCUT2D eigenvalue weighted by atomic mass is 32.2. The van der Waals surface area contributed by atoms with E-state index in [1.807, 2.05) is 30.0 Å². The minimum atomic E-state index is 0.844. The molecule has 0 atom stereocenters. The Hall–Kier alpha value is -4.93. The van der Waals surface area contributed by atoms with Crippen LogP contribution < -0.4 is 4.90 Å². The Balaban J connectivity index is 1.27. The molecule has 2 aromatic heterocycles. The highest BCUT2D eigenvalue weighted by Gasteiger charge is 2.25. The fourth-order valence-corrected chi connectivity index (χ4v) is 7.15. The number of hydrogen-bond acceptors (Lipinski definition) is 4. The van der Waals surface area contributed by atoms with E-state index in [0.717, 1.165) is 60.7 Å². The number of hydrogen-bond donors (Lipinski definition) is 0. The van der Waals surface area contributed by atoms with Gasteiger partial charge in [-0.15, -0.1) is 0 Å². The van der Waals surface area contributed by atoms with Gasteiger partial charge in [-0.1, -0.05) is 84.6 Å². The molecule has 188 valence electrons. The Kier molecular flexibility index (Phi) is 4.54. The predicted octanol–water partition coefficient (Wildman–Crippen LogP) is 11.1. The second-order valence-corrected chi connectivity index (χ2v) is 11.2. The van der Waals surface area contributed by atoms with Crippen LogP contribution in [0.2, 0.25) is 0 Å². The zero-order valence-electron chi connectivity index (χ0n) is 21.3. The number of benzene rings is 6. The van der Waals surface area contributed by atoms with Gasteiger partial charge in [0.2, 0.25) is 0 Å². The topological polar surface area (TPSA) is 29.5 Å². The third-order valence-electron chi connectivity index (χ3n) is 7.85. The van der Waals surface area contributed by atoms with E-state index in [1.54, 1.807) is 0 Å². The highest BCUT2D eigenvalue weighted by molar-refractivity contribution is 7.99. The van der Waals surface area contributed by atoms with E-state index < -0.39 is 0 Å². The molecular formula is C36H21NO2S. The van der Waals surface area contributed by atoms with Gasteiger partial charge in [0.05, 0.1) is 16.8 Å². The Morgan fingerprint density at radius 2 is 1.20 bits per heavy atom. The fourth-order valence-electron chi connectivity index (χ4n) is 6.09. The molecular weight excluding hydrogens is 510 g/mol. The second kappa shape index (κ2) is 8.28. The SMILES string of the molecule is c1cc(-c2cccc3c2oc2c3ccc3oc4ccccc4c32)cc(N2c3ccccc3Sc3ccccc32)c1. The summed E-state index contributed by atoms with van der Waals surface area (Å²) in [5.74, 6) is 0. The van der Waals surface area contributed by atoms with Crippen LogP contribution in [0.5, 0.6) is 0 Å². The van der Waals surface area contributed by atoms with Crippen LogP contribution in [-0.2, 0) is 0 Å². The van der Waals surface area contributed by atoms with Gasteiger partial charge in [0.15, 0.2) is 0 Å². The first-order chi connectivity index (χ1) is 19.8. The standard InChI is InChI=1S/C36H21NO2S/c1-4-16-30-27(11-1)34-31(38-30)20-19-26-25-13-8-12-24(35(25)39-36(26)34)22-9-7-10-23(21-22)37-28-14-2-5-17-32(28)40-33-18-6-3-15-29(33)37/h1-21H. The Bertz CT molecular complexity index is 2230. The second-order valence-electron chi connectivity index (χ2n) is 10.1. The zero-order chi connectivity index (χ0) is 26.2. The first-order valence-corrected chi connectivity index (χ1v) is 14.2. The van der Waals surface area contributed by atoms with Crippen LogP contribution in [-0.4, -0.2) is 0 Å². The quantitative estimate of drug-likeness (QED) is 0.222. The van der Waals surface area contributed by atoms with Gasteiger partial charge in [-0.05, 0) is 60.2 Å². The van der Waals surface area contributed by atoms with E-state index in [0.29, 0.717) is 0 Å². The van der Waals surface area contributed by atoms with Crippen molar-refractivity contribution in [2.45, 2.75) is 9.79 Å². The summed E-state index contributed by atoms with van der Waals surface area (Å²) in [4.78, 5) is 4.87. The summed E-state index contributed by atoms with van der Waals surface area (Å²) in [6.45, 7) is 0. The first kappa shape index (κ1) is 21.9. The third-order valence-corrected chi connectivity index (χ3v) is 8.98. The van der Waals surface area contributed by atoms with Gasteiger partial charge in [0, 0.05) is 37.2 Å². The molecule has 0 spiro atoms. The van der Waals surface area contributed by atoms with Crippen molar-refractivity contribution in [3.8, 4) is 11.1 Å². The lowest BCUT2D eigenvalue weighted by Crippen LogP contribution is -2.14. The fraction of sp³-hybridized carbons (Fsp3) is 0. The molecule has 0 radical (unpaired) electrons. The predicted molar refractivity (Wildman–Crippen MR) is 165 cm³/mol. The lowest BCUT2D eigenvalue weighted by molar-refractivity contribution is 0.663. The summed E-state index contributed by atoms with van der Waals surface area (Å²) in [5.41, 5.74) is 9.18. The van der Waals surface area contributed by atoms with Crippen molar-refractivity contribution in [2.24, 2.45) is 0 Å². The van der Waals surface area contributed by atoms with Gasteiger partial charge in [-0.2, -0.15) is 0 Å². The summed E-state index contributed by atoms with van der Waals surface area (Å²) in [5, 5.41) is 4.31. The number of furan rings is 2. The van der Waals surface area contributed by atoms with Gasteiger partial charge < -0.3 is 13.7 Å². The van der Waals surface area contributed by atoms with E-state index in [-0.39, 0.29) is 0 Å². The average molecular weight is 532 g/mol. The Morgan fingerprint density at radius 3 is 2.05 bits per heavy atom. The van der Waals surface area contributed by atoms with E-state index in [1.165, 1.54) is 21.2 Å². The van der Waals surface area contributed by atoms with Crippen LogP contribution in [0.3, 0.4) is 0 Å². The molecule has 1 aliphatic rings. The van der Waals surface area contributed by atoms with Crippen LogP contribution in [0.15, 0.2) is 146 Å². The lowest BCUT2D eigenvalue weighted by atomic mass is 10.0. The molecule has 8 aromatic rings. The summed E-state index contributed by atoms with van der Waals surface area (Å²) < 4.78 is 12.9. The van der Waals surface area contributed by atoms with Crippen LogP contribution in [0.4, 0.5) is 17.1 Å². The lowest BCUT2D eigenvalue weighted by Gasteiger charge is -2.33. The van der Waals surface area contributed by atoms with Gasteiger partial charge in [0.25, 0.3) is 0 Å². The summed E-state index contributed by atoms with van der Waals surface area (Å²) in [6, 6.07) is 44.8. The smallest absolute Gasteiger partial charge is 0.147 e. The summed E-state index contributed by atoms with van der Waals surface area (Å²) in [7, 11) is 0. The number of fused-ring (bicyclic) bond motifs is 9. The van der Waals surface area contributed by atoms with Crippen molar-refractivity contribution in [1.29, 1.82) is 0 Å². The van der Waals surface area contributed by atoms with Crippen molar-refractivity contribution < 1.29 is 8.83 Å². The third kappa shape index (κ3) is 3.08. The summed E-state index contributed by atoms with van der Waals surface area (Å²) >= 11 is 1.82. The molecule has 40 heavy (non-hydrogen) atoms. The monoisotopic (exact) mass is 531 g/mol. The molecule has 6 aromatic carbocycles. The van der Waals surface area contributed by atoms with Crippen molar-refractivity contribution in [3.05, 3.63) is 127 Å². The molecule has 0 N–H and O–H groups in total.